The molecule has 0 bridgehead atoms. The maximum absolute atomic E-state index is 11.9. The van der Waals surface area contributed by atoms with E-state index in [1.165, 1.54) is 0 Å². The number of carbonyl (C=O) groups is 1. The Morgan fingerprint density at radius 1 is 1.40 bits per heavy atom. The van der Waals surface area contributed by atoms with Crippen molar-refractivity contribution in [3.05, 3.63) is 11.3 Å². The number of amidine groups is 1. The van der Waals surface area contributed by atoms with Crippen molar-refractivity contribution in [3.63, 3.8) is 0 Å². The molecule has 2 N–H and O–H groups in total. The Labute approximate surface area is 89.1 Å². The topological polar surface area (TPSA) is 61.7 Å². The van der Waals surface area contributed by atoms with E-state index in [1.807, 2.05) is 13.8 Å². The number of aliphatic hydroxyl groups is 1. The van der Waals surface area contributed by atoms with Crippen molar-refractivity contribution in [2.45, 2.75) is 26.7 Å². The molecule has 4 heteroatoms. The van der Waals surface area contributed by atoms with Gasteiger partial charge in [0.25, 0.3) is 0 Å². The highest BCUT2D eigenvalue weighted by molar-refractivity contribution is 6.22. The summed E-state index contributed by atoms with van der Waals surface area (Å²) in [4.78, 5) is 16.0. The van der Waals surface area contributed by atoms with Crippen LogP contribution in [0.2, 0.25) is 0 Å². The summed E-state index contributed by atoms with van der Waals surface area (Å²) in [7, 11) is 0. The molecular weight excluding hydrogens is 192 g/mol. The highest BCUT2D eigenvalue weighted by atomic mass is 16.3. The number of Topliss-reactive ketones (excluding diaryl/α,β-unsaturated/α-hetero) is 1. The lowest BCUT2D eigenvalue weighted by Crippen LogP contribution is -2.33. The van der Waals surface area contributed by atoms with Crippen LogP contribution >= 0.6 is 0 Å². The zero-order valence-electron chi connectivity index (χ0n) is 9.13. The molecule has 0 spiro atoms. The fourth-order valence-electron chi connectivity index (χ4n) is 2.12. The highest BCUT2D eigenvalue weighted by Gasteiger charge is 2.35. The molecule has 0 amide bonds. The van der Waals surface area contributed by atoms with Gasteiger partial charge in [0, 0.05) is 19.4 Å². The normalized spacial score (nSPS) is 25.2. The molecule has 1 aliphatic carbocycles. The zero-order chi connectivity index (χ0) is 11.1. The minimum absolute atomic E-state index is 0.00287. The summed E-state index contributed by atoms with van der Waals surface area (Å²) in [5.41, 5.74) is 0.274. The largest absolute Gasteiger partial charge is 0.511 e. The third-order valence-electron chi connectivity index (χ3n) is 2.76. The number of allylic oxidation sites excluding steroid dienone is 1. The fourth-order valence-corrected chi connectivity index (χ4v) is 2.12. The van der Waals surface area contributed by atoms with Gasteiger partial charge in [0.2, 0.25) is 0 Å². The monoisotopic (exact) mass is 208 g/mol. The summed E-state index contributed by atoms with van der Waals surface area (Å²) in [5, 5.41) is 12.9. The Balaban J connectivity index is 2.34. The molecule has 1 aliphatic heterocycles. The summed E-state index contributed by atoms with van der Waals surface area (Å²) in [5.74, 6) is 0.759. The number of aliphatic imine (C=N–C) groups is 1. The van der Waals surface area contributed by atoms with Gasteiger partial charge < -0.3 is 10.4 Å². The molecule has 1 heterocycles. The van der Waals surface area contributed by atoms with E-state index >= 15 is 0 Å². The lowest BCUT2D eigenvalue weighted by Gasteiger charge is -2.29. The van der Waals surface area contributed by atoms with Crippen LogP contribution in [0.4, 0.5) is 0 Å². The number of ketones is 1. The fraction of sp³-hybridized carbons (Fsp3) is 0.636. The first-order valence-electron chi connectivity index (χ1n) is 5.24. The molecular formula is C11H16N2O2. The summed E-state index contributed by atoms with van der Waals surface area (Å²) in [6, 6.07) is 0. The predicted molar refractivity (Wildman–Crippen MR) is 58.0 cm³/mol. The molecule has 0 aromatic heterocycles. The zero-order valence-corrected chi connectivity index (χ0v) is 9.13. The third-order valence-corrected chi connectivity index (χ3v) is 2.76. The number of hydrogen-bond donors (Lipinski definition) is 2. The summed E-state index contributed by atoms with van der Waals surface area (Å²) >= 11 is 0. The van der Waals surface area contributed by atoms with Crippen LogP contribution in [-0.4, -0.2) is 29.8 Å². The Kier molecular flexibility index (Phi) is 2.29. The Hall–Kier alpha value is -1.32. The summed E-state index contributed by atoms with van der Waals surface area (Å²) < 4.78 is 0. The van der Waals surface area contributed by atoms with E-state index in [2.05, 4.69) is 10.3 Å². The summed E-state index contributed by atoms with van der Waals surface area (Å²) in [6.45, 7) is 5.41. The van der Waals surface area contributed by atoms with Crippen molar-refractivity contribution in [2.75, 3.05) is 13.1 Å². The standard InChI is InChI=1S/C11H16N2O2/c1-11(2)5-7(14)9(8(15)6-11)10-12-3-4-13-10/h14H,3-6H2,1-2H3,(H,12,13). The van der Waals surface area contributed by atoms with E-state index in [0.29, 0.717) is 30.8 Å². The number of hydrogen-bond acceptors (Lipinski definition) is 4. The van der Waals surface area contributed by atoms with Crippen LogP contribution in [0.25, 0.3) is 0 Å². The minimum atomic E-state index is -0.135. The second-order valence-corrected chi connectivity index (χ2v) is 4.92. The van der Waals surface area contributed by atoms with Gasteiger partial charge in [-0.05, 0) is 5.41 Å². The second-order valence-electron chi connectivity index (χ2n) is 4.92. The number of carbonyl (C=O) groups excluding carboxylic acids is 1. The summed E-state index contributed by atoms with van der Waals surface area (Å²) in [6.07, 6.45) is 1.03. The molecule has 0 saturated carbocycles. The molecule has 0 atom stereocenters. The number of aliphatic hydroxyl groups excluding tert-OH is 1. The van der Waals surface area contributed by atoms with Gasteiger partial charge in [0.15, 0.2) is 5.78 Å². The SMILES string of the molecule is CC1(C)CC(=O)C(C2=NCCN2)=C(O)C1. The van der Waals surface area contributed by atoms with E-state index in [9.17, 15) is 9.90 Å². The number of rotatable bonds is 1. The Morgan fingerprint density at radius 3 is 2.67 bits per heavy atom. The van der Waals surface area contributed by atoms with Gasteiger partial charge in [-0.3, -0.25) is 9.79 Å². The van der Waals surface area contributed by atoms with Crippen molar-refractivity contribution in [3.8, 4) is 0 Å². The first-order chi connectivity index (χ1) is 6.99. The third kappa shape index (κ3) is 1.89. The molecule has 0 fully saturated rings. The maximum atomic E-state index is 11.9. The second kappa shape index (κ2) is 3.36. The number of nitrogens with zero attached hydrogens (tertiary/aromatic N) is 1. The minimum Gasteiger partial charge on any atom is -0.511 e. The predicted octanol–water partition coefficient (Wildman–Crippen LogP) is 1.19. The molecule has 0 aromatic rings. The van der Waals surface area contributed by atoms with Gasteiger partial charge in [0.05, 0.1) is 12.1 Å². The molecule has 2 rings (SSSR count). The molecule has 2 aliphatic rings. The lowest BCUT2D eigenvalue weighted by molar-refractivity contribution is -0.117. The molecule has 15 heavy (non-hydrogen) atoms. The smallest absolute Gasteiger partial charge is 0.170 e. The lowest BCUT2D eigenvalue weighted by atomic mass is 9.76. The maximum Gasteiger partial charge on any atom is 0.170 e. The molecule has 82 valence electrons. The van der Waals surface area contributed by atoms with Crippen LogP contribution in [0, 0.1) is 5.41 Å². The van der Waals surface area contributed by atoms with Gasteiger partial charge in [-0.25, -0.2) is 0 Å². The van der Waals surface area contributed by atoms with Crippen molar-refractivity contribution >= 4 is 11.6 Å². The van der Waals surface area contributed by atoms with E-state index < -0.39 is 0 Å². The van der Waals surface area contributed by atoms with Crippen molar-refractivity contribution in [1.82, 2.24) is 5.32 Å². The van der Waals surface area contributed by atoms with E-state index in [-0.39, 0.29) is 17.0 Å². The van der Waals surface area contributed by atoms with Gasteiger partial charge in [-0.15, -0.1) is 0 Å². The molecule has 4 nitrogen and oxygen atoms in total. The average molecular weight is 208 g/mol. The molecule has 0 unspecified atom stereocenters. The molecule has 0 saturated heterocycles. The van der Waals surface area contributed by atoms with Crippen molar-refractivity contribution in [2.24, 2.45) is 10.4 Å². The van der Waals surface area contributed by atoms with Crippen LogP contribution in [0.1, 0.15) is 26.7 Å². The quantitative estimate of drug-likeness (QED) is 0.680. The van der Waals surface area contributed by atoms with Crippen LogP contribution in [-0.2, 0) is 4.79 Å². The van der Waals surface area contributed by atoms with Gasteiger partial charge in [-0.1, -0.05) is 13.8 Å². The molecule has 0 aromatic carbocycles. The highest BCUT2D eigenvalue weighted by Crippen LogP contribution is 2.35. The van der Waals surface area contributed by atoms with Crippen molar-refractivity contribution in [1.29, 1.82) is 0 Å². The van der Waals surface area contributed by atoms with Crippen LogP contribution in [0.3, 0.4) is 0 Å². The number of nitrogens with one attached hydrogen (secondary N) is 1. The van der Waals surface area contributed by atoms with Crippen LogP contribution in [0.5, 0.6) is 0 Å². The van der Waals surface area contributed by atoms with Crippen LogP contribution < -0.4 is 5.32 Å². The van der Waals surface area contributed by atoms with Crippen LogP contribution in [0.15, 0.2) is 16.3 Å². The average Bonchev–Trinajstić information content (AvgIpc) is 2.52. The first-order valence-corrected chi connectivity index (χ1v) is 5.24. The van der Waals surface area contributed by atoms with E-state index in [1.54, 1.807) is 0 Å². The van der Waals surface area contributed by atoms with E-state index in [4.69, 9.17) is 0 Å². The first kappa shape index (κ1) is 10.2. The van der Waals surface area contributed by atoms with Crippen molar-refractivity contribution < 1.29 is 9.90 Å². The van der Waals surface area contributed by atoms with Gasteiger partial charge in [0.1, 0.15) is 11.6 Å². The molecule has 0 radical (unpaired) electrons. The van der Waals surface area contributed by atoms with E-state index in [0.717, 1.165) is 6.54 Å². The van der Waals surface area contributed by atoms with Gasteiger partial charge in [-0.2, -0.15) is 0 Å². The van der Waals surface area contributed by atoms with Gasteiger partial charge >= 0.3 is 0 Å². The Morgan fingerprint density at radius 2 is 2.13 bits per heavy atom. The Bertz CT molecular complexity index is 367.